The van der Waals surface area contributed by atoms with Crippen molar-refractivity contribution in [2.45, 2.75) is 32.4 Å². The predicted octanol–water partition coefficient (Wildman–Crippen LogP) is 3.99. The topological polar surface area (TPSA) is 64.4 Å². The van der Waals surface area contributed by atoms with Gasteiger partial charge in [-0.1, -0.05) is 0 Å². The van der Waals surface area contributed by atoms with Gasteiger partial charge in [-0.15, -0.1) is 5.10 Å². The van der Waals surface area contributed by atoms with Gasteiger partial charge in [0.05, 0.1) is 23.3 Å². The molecule has 1 heterocycles. The van der Waals surface area contributed by atoms with Crippen molar-refractivity contribution < 1.29 is 27.8 Å². The van der Waals surface area contributed by atoms with Crippen LogP contribution >= 0.6 is 0 Å². The number of nitrogens with zero attached hydrogens (tertiary/aromatic N) is 2. The minimum atomic E-state index is -4.18. The van der Waals surface area contributed by atoms with Gasteiger partial charge in [0, 0.05) is 12.3 Å². The maximum atomic E-state index is 12.9. The zero-order valence-electron chi connectivity index (χ0n) is 13.5. The van der Waals surface area contributed by atoms with Crippen molar-refractivity contribution in [3.63, 3.8) is 0 Å². The Labute approximate surface area is 142 Å². The molecule has 0 unspecified atom stereocenters. The van der Waals surface area contributed by atoms with Crippen molar-refractivity contribution in [1.82, 2.24) is 9.78 Å². The molecule has 1 fully saturated rings. The van der Waals surface area contributed by atoms with Crippen LogP contribution in [0.25, 0.3) is 5.69 Å². The average Bonchev–Trinajstić information content (AvgIpc) is 3.17. The number of aryl methyl sites for hydroxylation is 1. The standard InChI is InChI=1S/C17H17F3N2O3/c1-11-10-12(2-3-13(11)15(23)24)22-8-4-14(21-22)25-9-7-16(5-6-16)17(18,19)20/h2-4,8,10H,5-7,9H2,1H3,(H,23,24). The van der Waals surface area contributed by atoms with E-state index in [9.17, 15) is 18.0 Å². The molecule has 1 aliphatic rings. The third-order valence-electron chi connectivity index (χ3n) is 4.56. The largest absolute Gasteiger partial charge is 0.478 e. The fourth-order valence-electron chi connectivity index (χ4n) is 2.74. The van der Waals surface area contributed by atoms with Crippen molar-refractivity contribution >= 4 is 5.97 Å². The molecule has 0 atom stereocenters. The smallest absolute Gasteiger partial charge is 0.394 e. The Morgan fingerprint density at radius 1 is 1.36 bits per heavy atom. The lowest BCUT2D eigenvalue weighted by Gasteiger charge is -2.18. The number of halogens is 3. The molecule has 1 N–H and O–H groups in total. The summed E-state index contributed by atoms with van der Waals surface area (Å²) in [5.41, 5.74) is -0.149. The Bertz CT molecular complexity index is 795. The fraction of sp³-hybridized carbons (Fsp3) is 0.412. The molecule has 1 aromatic carbocycles. The molecule has 1 aromatic heterocycles. The summed E-state index contributed by atoms with van der Waals surface area (Å²) in [5, 5.41) is 13.2. The number of hydrogen-bond donors (Lipinski definition) is 1. The zero-order valence-corrected chi connectivity index (χ0v) is 13.5. The van der Waals surface area contributed by atoms with Crippen LogP contribution in [0.2, 0.25) is 0 Å². The number of rotatable bonds is 6. The van der Waals surface area contributed by atoms with Crippen LogP contribution in [0, 0.1) is 12.3 Å². The first kappa shape index (κ1) is 17.3. The molecule has 5 nitrogen and oxygen atoms in total. The normalized spacial score (nSPS) is 15.8. The summed E-state index contributed by atoms with van der Waals surface area (Å²) in [4.78, 5) is 11.0. The number of carbonyl (C=O) groups is 1. The number of carboxylic acids is 1. The van der Waals surface area contributed by atoms with Crippen molar-refractivity contribution in [1.29, 1.82) is 0 Å². The molecule has 134 valence electrons. The lowest BCUT2D eigenvalue weighted by Crippen LogP contribution is -2.26. The molecule has 0 amide bonds. The predicted molar refractivity (Wildman–Crippen MR) is 83.1 cm³/mol. The molecule has 0 aliphatic heterocycles. The monoisotopic (exact) mass is 354 g/mol. The van der Waals surface area contributed by atoms with Gasteiger partial charge in [-0.25, -0.2) is 9.48 Å². The van der Waals surface area contributed by atoms with Crippen LogP contribution in [0.5, 0.6) is 5.88 Å². The number of alkyl halides is 3. The maximum Gasteiger partial charge on any atom is 0.394 e. The van der Waals surface area contributed by atoms with Crippen LogP contribution in [0.1, 0.15) is 35.2 Å². The highest BCUT2D eigenvalue weighted by molar-refractivity contribution is 5.89. The number of carboxylic acid groups (broad SMARTS) is 1. The van der Waals surface area contributed by atoms with Gasteiger partial charge >= 0.3 is 12.1 Å². The van der Waals surface area contributed by atoms with Crippen molar-refractivity contribution in [2.75, 3.05) is 6.61 Å². The van der Waals surface area contributed by atoms with Crippen LogP contribution in [0.3, 0.4) is 0 Å². The van der Waals surface area contributed by atoms with E-state index in [4.69, 9.17) is 9.84 Å². The summed E-state index contributed by atoms with van der Waals surface area (Å²) in [7, 11) is 0. The number of aromatic nitrogens is 2. The van der Waals surface area contributed by atoms with Gasteiger partial charge in [-0.3, -0.25) is 0 Å². The van der Waals surface area contributed by atoms with E-state index >= 15 is 0 Å². The van der Waals surface area contributed by atoms with Crippen LogP contribution in [0.4, 0.5) is 13.2 Å². The molecule has 0 bridgehead atoms. The average molecular weight is 354 g/mol. The van der Waals surface area contributed by atoms with E-state index in [1.165, 1.54) is 10.7 Å². The van der Waals surface area contributed by atoms with E-state index < -0.39 is 17.6 Å². The van der Waals surface area contributed by atoms with Gasteiger partial charge in [0.25, 0.3) is 0 Å². The second-order valence-electron chi connectivity index (χ2n) is 6.28. The molecule has 0 spiro atoms. The Kier molecular flexibility index (Phi) is 4.22. The molecule has 3 rings (SSSR count). The van der Waals surface area contributed by atoms with Crippen LogP contribution in [-0.4, -0.2) is 33.6 Å². The molecule has 25 heavy (non-hydrogen) atoms. The highest BCUT2D eigenvalue weighted by Gasteiger charge is 2.62. The van der Waals surface area contributed by atoms with E-state index in [0.717, 1.165) is 0 Å². The van der Waals surface area contributed by atoms with Crippen LogP contribution in [-0.2, 0) is 0 Å². The van der Waals surface area contributed by atoms with Gasteiger partial charge in [-0.2, -0.15) is 13.2 Å². The molecule has 1 aliphatic carbocycles. The van der Waals surface area contributed by atoms with Crippen molar-refractivity contribution in [2.24, 2.45) is 5.41 Å². The van der Waals surface area contributed by atoms with E-state index in [1.807, 2.05) is 0 Å². The Balaban J connectivity index is 1.63. The van der Waals surface area contributed by atoms with Gasteiger partial charge in [0.2, 0.25) is 5.88 Å². The third-order valence-corrected chi connectivity index (χ3v) is 4.56. The molecule has 8 heteroatoms. The fourth-order valence-corrected chi connectivity index (χ4v) is 2.74. The van der Waals surface area contributed by atoms with E-state index in [-0.39, 0.29) is 37.3 Å². The van der Waals surface area contributed by atoms with Crippen molar-refractivity contribution in [3.8, 4) is 11.6 Å². The minimum absolute atomic E-state index is 0.0481. The molecular formula is C17H17F3N2O3. The second-order valence-corrected chi connectivity index (χ2v) is 6.28. The summed E-state index contributed by atoms with van der Waals surface area (Å²) < 4.78 is 45.4. The Morgan fingerprint density at radius 3 is 2.64 bits per heavy atom. The van der Waals surface area contributed by atoms with E-state index in [0.29, 0.717) is 11.3 Å². The van der Waals surface area contributed by atoms with Gasteiger partial charge in [0.1, 0.15) is 0 Å². The molecule has 1 saturated carbocycles. The van der Waals surface area contributed by atoms with Gasteiger partial charge < -0.3 is 9.84 Å². The first-order valence-corrected chi connectivity index (χ1v) is 7.81. The quantitative estimate of drug-likeness (QED) is 0.852. The first-order valence-electron chi connectivity index (χ1n) is 7.81. The van der Waals surface area contributed by atoms with Crippen LogP contribution < -0.4 is 4.74 Å². The van der Waals surface area contributed by atoms with Gasteiger partial charge in [-0.05, 0) is 49.9 Å². The summed E-state index contributed by atoms with van der Waals surface area (Å²) in [6, 6.07) is 6.32. The lowest BCUT2D eigenvalue weighted by molar-refractivity contribution is -0.190. The number of ether oxygens (including phenoxy) is 1. The maximum absolute atomic E-state index is 12.9. The van der Waals surface area contributed by atoms with Gasteiger partial charge in [0.15, 0.2) is 0 Å². The van der Waals surface area contributed by atoms with E-state index in [1.54, 1.807) is 31.3 Å². The summed E-state index contributed by atoms with van der Waals surface area (Å²) in [6.07, 6.45) is -2.33. The SMILES string of the molecule is Cc1cc(-n2ccc(OCCC3(C(F)(F)F)CC3)n2)ccc1C(=O)O. The summed E-state index contributed by atoms with van der Waals surface area (Å²) >= 11 is 0. The second kappa shape index (κ2) is 6.09. The molecular weight excluding hydrogens is 337 g/mol. The highest BCUT2D eigenvalue weighted by Crippen LogP contribution is 2.59. The summed E-state index contributed by atoms with van der Waals surface area (Å²) in [5.74, 6) is -0.773. The van der Waals surface area contributed by atoms with E-state index in [2.05, 4.69) is 5.10 Å². The van der Waals surface area contributed by atoms with Crippen LogP contribution in [0.15, 0.2) is 30.5 Å². The first-order chi connectivity index (χ1) is 11.7. The number of hydrogen-bond acceptors (Lipinski definition) is 3. The zero-order chi connectivity index (χ0) is 18.2. The third kappa shape index (κ3) is 3.47. The Morgan fingerprint density at radius 2 is 2.08 bits per heavy atom. The highest BCUT2D eigenvalue weighted by atomic mass is 19.4. The molecule has 0 saturated heterocycles. The molecule has 2 aromatic rings. The number of benzene rings is 1. The van der Waals surface area contributed by atoms with Crippen molar-refractivity contribution in [3.05, 3.63) is 41.6 Å². The minimum Gasteiger partial charge on any atom is -0.478 e. The molecule has 0 radical (unpaired) electrons. The summed E-state index contributed by atoms with van der Waals surface area (Å²) in [6.45, 7) is 1.63. The number of aromatic carboxylic acids is 1. The Hall–Kier alpha value is -2.51. The lowest BCUT2D eigenvalue weighted by atomic mass is 10.0.